The fraction of sp³-hybridized carbons (Fsp3) is 0.226. The highest BCUT2D eigenvalue weighted by Crippen LogP contribution is 2.40. The van der Waals surface area contributed by atoms with Crippen LogP contribution in [0.5, 0.6) is 0 Å². The lowest BCUT2D eigenvalue weighted by Gasteiger charge is -2.19. The van der Waals surface area contributed by atoms with Gasteiger partial charge < -0.3 is 10.6 Å². The van der Waals surface area contributed by atoms with E-state index >= 15 is 0 Å². The van der Waals surface area contributed by atoms with Crippen molar-refractivity contribution in [2.24, 2.45) is 11.8 Å². The summed E-state index contributed by atoms with van der Waals surface area (Å²) in [7, 11) is 0. The number of rotatable bonds is 7. The molecule has 1 fully saturated rings. The van der Waals surface area contributed by atoms with Gasteiger partial charge in [0.05, 0.1) is 23.1 Å². The summed E-state index contributed by atoms with van der Waals surface area (Å²) in [5.74, 6) is -1.77. The highest BCUT2D eigenvalue weighted by Gasteiger charge is 2.49. The molecule has 1 aliphatic carbocycles. The third-order valence-electron chi connectivity index (χ3n) is 7.12. The molecule has 1 heterocycles. The molecule has 38 heavy (non-hydrogen) atoms. The molecule has 3 aromatic rings. The number of carbonyl (C=O) groups is 4. The summed E-state index contributed by atoms with van der Waals surface area (Å²) in [5.41, 5.74) is 3.91. The Hall–Kier alpha value is -4.52. The fourth-order valence-electron chi connectivity index (χ4n) is 5.10. The molecule has 0 saturated carbocycles. The molecule has 192 valence electrons. The first kappa shape index (κ1) is 25.1. The average molecular weight is 508 g/mol. The zero-order valence-corrected chi connectivity index (χ0v) is 21.1. The molecule has 7 nitrogen and oxygen atoms in total. The summed E-state index contributed by atoms with van der Waals surface area (Å²) >= 11 is 0. The number of fused-ring (bicyclic) bond motifs is 1. The number of nitrogens with one attached hydrogen (secondary N) is 2. The van der Waals surface area contributed by atoms with E-state index in [2.05, 4.69) is 10.6 Å². The van der Waals surface area contributed by atoms with Crippen LogP contribution >= 0.6 is 0 Å². The number of hydrogen-bond acceptors (Lipinski definition) is 4. The topological polar surface area (TPSA) is 95.6 Å². The highest BCUT2D eigenvalue weighted by atomic mass is 16.2. The zero-order valence-electron chi connectivity index (χ0n) is 21.1. The standard InChI is InChI=1S/C31H29N3O4/c1-20-11-17-24-26(19-20)31(38)34(30(24)37)27-10-6-5-9-25(27)29(36)33-23-15-13-22(14-16-23)32-28(35)18-12-21-7-3-2-4-8-21/h2-11,13-16,24,26H,12,17-19H2,1H3,(H,32,35)(H,33,36)/t24-,26-/m1/s1. The van der Waals surface area contributed by atoms with Crippen LogP contribution in [0.15, 0.2) is 90.5 Å². The second kappa shape index (κ2) is 10.8. The van der Waals surface area contributed by atoms with Crippen LogP contribution in [-0.4, -0.2) is 23.6 Å². The molecule has 0 bridgehead atoms. The molecule has 3 aromatic carbocycles. The smallest absolute Gasteiger partial charge is 0.257 e. The quantitative estimate of drug-likeness (QED) is 0.333. The number of benzene rings is 3. The first-order valence-corrected chi connectivity index (χ1v) is 12.8. The number of hydrogen-bond donors (Lipinski definition) is 2. The van der Waals surface area contributed by atoms with Crippen molar-refractivity contribution in [3.8, 4) is 0 Å². The molecule has 0 unspecified atom stereocenters. The lowest BCUT2D eigenvalue weighted by atomic mass is 9.82. The van der Waals surface area contributed by atoms with Gasteiger partial charge in [0.2, 0.25) is 17.7 Å². The van der Waals surface area contributed by atoms with Crippen LogP contribution in [0, 0.1) is 11.8 Å². The number of imide groups is 1. The molecule has 2 atom stereocenters. The van der Waals surface area contributed by atoms with Gasteiger partial charge in [0, 0.05) is 17.8 Å². The number of anilines is 3. The molecule has 2 N–H and O–H groups in total. The Kier molecular flexibility index (Phi) is 7.18. The van der Waals surface area contributed by atoms with E-state index in [1.165, 1.54) is 4.90 Å². The summed E-state index contributed by atoms with van der Waals surface area (Å²) in [6, 6.07) is 23.3. The number of para-hydroxylation sites is 1. The van der Waals surface area contributed by atoms with E-state index in [0.29, 0.717) is 42.7 Å². The van der Waals surface area contributed by atoms with Crippen molar-refractivity contribution in [1.29, 1.82) is 0 Å². The van der Waals surface area contributed by atoms with Crippen LogP contribution in [0.3, 0.4) is 0 Å². The van der Waals surface area contributed by atoms with E-state index in [4.69, 9.17) is 0 Å². The number of allylic oxidation sites excluding steroid dienone is 2. The highest BCUT2D eigenvalue weighted by molar-refractivity contribution is 6.25. The predicted octanol–water partition coefficient (Wildman–Crippen LogP) is 5.36. The van der Waals surface area contributed by atoms with E-state index in [-0.39, 0.29) is 35.1 Å². The molecule has 0 spiro atoms. The molecule has 0 aromatic heterocycles. The normalized spacial score (nSPS) is 18.6. The van der Waals surface area contributed by atoms with Crippen molar-refractivity contribution in [2.75, 3.05) is 15.5 Å². The maximum absolute atomic E-state index is 13.2. The maximum Gasteiger partial charge on any atom is 0.257 e. The maximum atomic E-state index is 13.2. The molecule has 4 amide bonds. The van der Waals surface area contributed by atoms with Gasteiger partial charge in [0.1, 0.15) is 0 Å². The second-order valence-electron chi connectivity index (χ2n) is 9.80. The summed E-state index contributed by atoms with van der Waals surface area (Å²) < 4.78 is 0. The van der Waals surface area contributed by atoms with Gasteiger partial charge in [-0.2, -0.15) is 0 Å². The third kappa shape index (κ3) is 5.27. The fourth-order valence-corrected chi connectivity index (χ4v) is 5.10. The number of carbonyl (C=O) groups excluding carboxylic acids is 4. The van der Waals surface area contributed by atoms with E-state index in [0.717, 1.165) is 11.1 Å². The summed E-state index contributed by atoms with van der Waals surface area (Å²) in [4.78, 5) is 53.1. The molecule has 5 rings (SSSR count). The van der Waals surface area contributed by atoms with Gasteiger partial charge in [0.15, 0.2) is 0 Å². The van der Waals surface area contributed by atoms with Crippen molar-refractivity contribution in [1.82, 2.24) is 0 Å². The lowest BCUT2D eigenvalue weighted by molar-refractivity contribution is -0.122. The Morgan fingerprint density at radius 3 is 2.18 bits per heavy atom. The Balaban J connectivity index is 1.24. The van der Waals surface area contributed by atoms with Crippen LogP contribution in [0.2, 0.25) is 0 Å². The summed E-state index contributed by atoms with van der Waals surface area (Å²) in [5, 5.41) is 5.71. The lowest BCUT2D eigenvalue weighted by Crippen LogP contribution is -2.33. The minimum atomic E-state index is -0.426. The van der Waals surface area contributed by atoms with Crippen LogP contribution in [-0.2, 0) is 20.8 Å². The minimum Gasteiger partial charge on any atom is -0.326 e. The van der Waals surface area contributed by atoms with Crippen molar-refractivity contribution in [2.45, 2.75) is 32.6 Å². The van der Waals surface area contributed by atoms with Gasteiger partial charge in [-0.3, -0.25) is 19.2 Å². The first-order valence-electron chi connectivity index (χ1n) is 12.8. The van der Waals surface area contributed by atoms with Gasteiger partial charge in [0.25, 0.3) is 5.91 Å². The first-order chi connectivity index (χ1) is 18.4. The van der Waals surface area contributed by atoms with Crippen molar-refractivity contribution in [3.63, 3.8) is 0 Å². The second-order valence-corrected chi connectivity index (χ2v) is 9.80. The Morgan fingerprint density at radius 2 is 1.45 bits per heavy atom. The number of amides is 4. The van der Waals surface area contributed by atoms with Gasteiger partial charge in [-0.25, -0.2) is 4.90 Å². The van der Waals surface area contributed by atoms with Crippen LogP contribution in [0.25, 0.3) is 0 Å². The molecular formula is C31H29N3O4. The van der Waals surface area contributed by atoms with Crippen molar-refractivity contribution < 1.29 is 19.2 Å². The monoisotopic (exact) mass is 507 g/mol. The van der Waals surface area contributed by atoms with Crippen LogP contribution < -0.4 is 15.5 Å². The molecule has 1 aliphatic heterocycles. The van der Waals surface area contributed by atoms with Crippen LogP contribution in [0.1, 0.15) is 42.1 Å². The Labute approximate surface area is 221 Å². The molecular weight excluding hydrogens is 478 g/mol. The number of aryl methyl sites for hydroxylation is 1. The number of nitrogens with zero attached hydrogens (tertiary/aromatic N) is 1. The van der Waals surface area contributed by atoms with Gasteiger partial charge in [-0.15, -0.1) is 0 Å². The zero-order chi connectivity index (χ0) is 26.6. The largest absolute Gasteiger partial charge is 0.326 e. The van der Waals surface area contributed by atoms with Crippen molar-refractivity contribution >= 4 is 40.7 Å². The SMILES string of the molecule is CC1=CC[C@H]2C(=O)N(c3ccccc3C(=O)Nc3ccc(NC(=O)CCc4ccccc4)cc3)C(=O)[C@@H]2C1. The van der Waals surface area contributed by atoms with Gasteiger partial charge in [-0.05, 0) is 68.1 Å². The van der Waals surface area contributed by atoms with E-state index in [1.807, 2.05) is 43.3 Å². The minimum absolute atomic E-state index is 0.0922. The van der Waals surface area contributed by atoms with Gasteiger partial charge >= 0.3 is 0 Å². The molecule has 2 aliphatic rings. The molecule has 7 heteroatoms. The predicted molar refractivity (Wildman–Crippen MR) is 147 cm³/mol. The molecule has 0 radical (unpaired) electrons. The Bertz CT molecular complexity index is 1410. The van der Waals surface area contributed by atoms with E-state index in [9.17, 15) is 19.2 Å². The third-order valence-corrected chi connectivity index (χ3v) is 7.12. The van der Waals surface area contributed by atoms with E-state index in [1.54, 1.807) is 48.5 Å². The Morgan fingerprint density at radius 1 is 0.816 bits per heavy atom. The van der Waals surface area contributed by atoms with Crippen molar-refractivity contribution in [3.05, 3.63) is 102 Å². The summed E-state index contributed by atoms with van der Waals surface area (Å²) in [6.45, 7) is 1.97. The van der Waals surface area contributed by atoms with Gasteiger partial charge in [-0.1, -0.05) is 54.1 Å². The van der Waals surface area contributed by atoms with Crippen LogP contribution in [0.4, 0.5) is 17.1 Å². The summed E-state index contributed by atoms with van der Waals surface area (Å²) in [6.07, 6.45) is 4.14. The average Bonchev–Trinajstić information content (AvgIpc) is 3.17. The molecule has 1 saturated heterocycles. The van der Waals surface area contributed by atoms with E-state index < -0.39 is 5.91 Å².